The first kappa shape index (κ1) is 21.6. The quantitative estimate of drug-likeness (QED) is 0.614. The van der Waals surface area contributed by atoms with Gasteiger partial charge in [-0.1, -0.05) is 12.1 Å². The molecular weight excluding hydrogens is 404 g/mol. The molecule has 0 aliphatic rings. The van der Waals surface area contributed by atoms with Gasteiger partial charge in [-0.2, -0.15) is 0 Å². The molecule has 30 heavy (non-hydrogen) atoms. The predicted octanol–water partition coefficient (Wildman–Crippen LogP) is 3.83. The molecule has 8 heteroatoms. The highest BCUT2D eigenvalue weighted by Gasteiger charge is 2.22. The molecule has 7 nitrogen and oxygen atoms in total. The highest BCUT2D eigenvalue weighted by atomic mass is 32.2. The Morgan fingerprint density at radius 3 is 2.47 bits per heavy atom. The Balaban J connectivity index is 1.72. The smallest absolute Gasteiger partial charge is 0.239 e. The van der Waals surface area contributed by atoms with E-state index in [9.17, 15) is 13.2 Å². The molecule has 0 saturated carbocycles. The van der Waals surface area contributed by atoms with Gasteiger partial charge in [0.25, 0.3) is 0 Å². The standard InChI is InChI=1S/C22H24N2O5S/c1-14-8-15(2)10-18(9-14)23-21(25)13-30(26,27)12-20-16(3)29-22(24-20)17-6-5-7-19(11-17)28-4/h5-11H,12-13H2,1-4H3,(H,23,25). The van der Waals surface area contributed by atoms with E-state index in [4.69, 9.17) is 9.15 Å². The minimum atomic E-state index is -3.74. The van der Waals surface area contributed by atoms with Crippen LogP contribution in [0.4, 0.5) is 5.69 Å². The maximum Gasteiger partial charge on any atom is 0.239 e. The molecule has 1 heterocycles. The highest BCUT2D eigenvalue weighted by molar-refractivity contribution is 7.91. The molecule has 3 rings (SSSR count). The van der Waals surface area contributed by atoms with E-state index in [0.29, 0.717) is 28.7 Å². The average Bonchev–Trinajstić information content (AvgIpc) is 3.00. The largest absolute Gasteiger partial charge is 0.497 e. The summed E-state index contributed by atoms with van der Waals surface area (Å²) in [5.41, 5.74) is 3.50. The van der Waals surface area contributed by atoms with Crippen LogP contribution in [-0.2, 0) is 20.4 Å². The van der Waals surface area contributed by atoms with Crippen LogP contribution in [0, 0.1) is 20.8 Å². The van der Waals surface area contributed by atoms with E-state index in [0.717, 1.165) is 11.1 Å². The van der Waals surface area contributed by atoms with Crippen molar-refractivity contribution in [1.82, 2.24) is 4.98 Å². The summed E-state index contributed by atoms with van der Waals surface area (Å²) in [7, 11) is -2.18. The number of benzene rings is 2. The first-order chi connectivity index (χ1) is 14.1. The summed E-state index contributed by atoms with van der Waals surface area (Å²) in [5, 5.41) is 2.65. The fraction of sp³-hybridized carbons (Fsp3) is 0.273. The van der Waals surface area contributed by atoms with Crippen molar-refractivity contribution in [3.63, 3.8) is 0 Å². The number of amides is 1. The molecule has 0 aliphatic heterocycles. The highest BCUT2D eigenvalue weighted by Crippen LogP contribution is 2.26. The van der Waals surface area contributed by atoms with Crippen LogP contribution in [0.3, 0.4) is 0 Å². The summed E-state index contributed by atoms with van der Waals surface area (Å²) in [4.78, 5) is 16.6. The second-order valence-corrected chi connectivity index (χ2v) is 9.28. The van der Waals surface area contributed by atoms with Crippen molar-refractivity contribution in [2.75, 3.05) is 18.2 Å². The Labute approximate surface area is 176 Å². The van der Waals surface area contributed by atoms with Gasteiger partial charge in [0, 0.05) is 11.3 Å². The van der Waals surface area contributed by atoms with Crippen LogP contribution in [0.25, 0.3) is 11.5 Å². The van der Waals surface area contributed by atoms with Gasteiger partial charge in [0.2, 0.25) is 11.8 Å². The number of nitrogens with one attached hydrogen (secondary N) is 1. The number of aryl methyl sites for hydroxylation is 3. The van der Waals surface area contributed by atoms with Crippen molar-refractivity contribution < 1.29 is 22.4 Å². The minimum absolute atomic E-state index is 0.284. The van der Waals surface area contributed by atoms with Gasteiger partial charge in [-0.15, -0.1) is 0 Å². The van der Waals surface area contributed by atoms with Gasteiger partial charge in [-0.25, -0.2) is 13.4 Å². The average molecular weight is 429 g/mol. The van der Waals surface area contributed by atoms with Gasteiger partial charge in [0.1, 0.15) is 17.3 Å². The zero-order valence-corrected chi connectivity index (χ0v) is 18.2. The first-order valence-corrected chi connectivity index (χ1v) is 11.2. The second-order valence-electron chi connectivity index (χ2n) is 7.21. The zero-order chi connectivity index (χ0) is 21.9. The SMILES string of the molecule is COc1cccc(-c2nc(CS(=O)(=O)CC(=O)Nc3cc(C)cc(C)c3)c(C)o2)c1. The number of methoxy groups -OCH3 is 1. The number of carbonyl (C=O) groups is 1. The third kappa shape index (κ3) is 5.48. The summed E-state index contributed by atoms with van der Waals surface area (Å²) in [6.45, 7) is 5.47. The number of hydrogen-bond donors (Lipinski definition) is 1. The summed E-state index contributed by atoms with van der Waals surface area (Å²) in [6.07, 6.45) is 0. The Morgan fingerprint density at radius 1 is 1.10 bits per heavy atom. The summed E-state index contributed by atoms with van der Waals surface area (Å²) < 4.78 is 36.0. The lowest BCUT2D eigenvalue weighted by atomic mass is 10.1. The molecule has 1 aromatic heterocycles. The van der Waals surface area contributed by atoms with Gasteiger partial charge in [-0.3, -0.25) is 4.79 Å². The van der Waals surface area contributed by atoms with Gasteiger partial charge in [0.15, 0.2) is 9.84 Å². The molecule has 1 amide bonds. The van der Waals surface area contributed by atoms with Crippen LogP contribution in [0.15, 0.2) is 46.9 Å². The maximum absolute atomic E-state index is 12.6. The fourth-order valence-corrected chi connectivity index (χ4v) is 4.40. The number of sulfone groups is 1. The van der Waals surface area contributed by atoms with E-state index in [1.807, 2.05) is 19.9 Å². The summed E-state index contributed by atoms with van der Waals surface area (Å²) in [6, 6.07) is 12.7. The number of nitrogens with zero attached hydrogens (tertiary/aromatic N) is 1. The Bertz CT molecular complexity index is 1160. The van der Waals surface area contributed by atoms with Crippen LogP contribution in [0.5, 0.6) is 5.75 Å². The molecule has 0 bridgehead atoms. The molecule has 0 atom stereocenters. The van der Waals surface area contributed by atoms with Crippen molar-refractivity contribution in [2.24, 2.45) is 0 Å². The van der Waals surface area contributed by atoms with Crippen LogP contribution in [0.1, 0.15) is 22.6 Å². The predicted molar refractivity (Wildman–Crippen MR) is 115 cm³/mol. The van der Waals surface area contributed by atoms with Crippen molar-refractivity contribution in [3.8, 4) is 17.2 Å². The van der Waals surface area contributed by atoms with E-state index >= 15 is 0 Å². The van der Waals surface area contributed by atoms with Crippen LogP contribution in [0.2, 0.25) is 0 Å². The van der Waals surface area contributed by atoms with E-state index in [1.165, 1.54) is 0 Å². The number of anilines is 1. The van der Waals surface area contributed by atoms with E-state index in [-0.39, 0.29) is 11.4 Å². The third-order valence-corrected chi connectivity index (χ3v) is 5.84. The summed E-state index contributed by atoms with van der Waals surface area (Å²) >= 11 is 0. The molecule has 3 aromatic rings. The van der Waals surface area contributed by atoms with E-state index in [2.05, 4.69) is 10.3 Å². The van der Waals surface area contributed by atoms with E-state index in [1.54, 1.807) is 50.4 Å². The number of aromatic nitrogens is 1. The summed E-state index contributed by atoms with van der Waals surface area (Å²) in [5.74, 6) is -0.273. The molecule has 0 fully saturated rings. The maximum atomic E-state index is 12.6. The lowest BCUT2D eigenvalue weighted by molar-refractivity contribution is -0.113. The van der Waals surface area contributed by atoms with Crippen LogP contribution >= 0.6 is 0 Å². The number of oxazole rings is 1. The Morgan fingerprint density at radius 2 is 1.80 bits per heavy atom. The first-order valence-electron chi connectivity index (χ1n) is 9.34. The van der Waals surface area contributed by atoms with Crippen molar-refractivity contribution in [1.29, 1.82) is 0 Å². The topological polar surface area (TPSA) is 98.5 Å². The molecule has 0 saturated heterocycles. The van der Waals surface area contributed by atoms with Gasteiger partial charge in [0.05, 0.1) is 18.6 Å². The number of hydrogen-bond acceptors (Lipinski definition) is 6. The van der Waals surface area contributed by atoms with Gasteiger partial charge in [-0.05, 0) is 62.2 Å². The van der Waals surface area contributed by atoms with Crippen LogP contribution < -0.4 is 10.1 Å². The lowest BCUT2D eigenvalue weighted by Gasteiger charge is -2.08. The molecule has 0 unspecified atom stereocenters. The minimum Gasteiger partial charge on any atom is -0.497 e. The number of rotatable bonds is 7. The Hall–Kier alpha value is -3.13. The molecule has 158 valence electrons. The number of ether oxygens (including phenoxy) is 1. The third-order valence-electron chi connectivity index (χ3n) is 4.42. The molecule has 0 aliphatic carbocycles. The molecule has 2 aromatic carbocycles. The van der Waals surface area contributed by atoms with Crippen molar-refractivity contribution in [2.45, 2.75) is 26.5 Å². The zero-order valence-electron chi connectivity index (χ0n) is 17.4. The van der Waals surface area contributed by atoms with E-state index < -0.39 is 21.5 Å². The van der Waals surface area contributed by atoms with Crippen molar-refractivity contribution in [3.05, 3.63) is 65.0 Å². The monoisotopic (exact) mass is 428 g/mol. The molecule has 0 spiro atoms. The molecule has 0 radical (unpaired) electrons. The molecular formula is C22H24N2O5S. The van der Waals surface area contributed by atoms with Gasteiger partial charge < -0.3 is 14.5 Å². The fourth-order valence-electron chi connectivity index (χ4n) is 3.14. The van der Waals surface area contributed by atoms with Crippen molar-refractivity contribution >= 4 is 21.4 Å². The normalized spacial score (nSPS) is 11.3. The number of carbonyl (C=O) groups excluding carboxylic acids is 1. The Kier molecular flexibility index (Phi) is 6.26. The molecule has 1 N–H and O–H groups in total. The lowest BCUT2D eigenvalue weighted by Crippen LogP contribution is -2.24. The second kappa shape index (κ2) is 8.71. The van der Waals surface area contributed by atoms with Crippen LogP contribution in [-0.4, -0.2) is 32.2 Å². The van der Waals surface area contributed by atoms with Gasteiger partial charge >= 0.3 is 0 Å².